The highest BCUT2D eigenvalue weighted by molar-refractivity contribution is 7.39. The van der Waals surface area contributed by atoms with Crippen molar-refractivity contribution in [3.8, 4) is 0 Å². The third-order valence-electron chi connectivity index (χ3n) is 1.07. The van der Waals surface area contributed by atoms with Crippen LogP contribution >= 0.6 is 8.58 Å². The summed E-state index contributed by atoms with van der Waals surface area (Å²) in [4.78, 5) is 0. The van der Waals surface area contributed by atoms with E-state index in [1.165, 1.54) is 33.2 Å². The molecular formula is C5H11P. The Labute approximate surface area is 41.1 Å². The molecule has 6 heavy (non-hydrogen) atoms. The van der Waals surface area contributed by atoms with Gasteiger partial charge < -0.3 is 0 Å². The fourth-order valence-corrected chi connectivity index (χ4v) is 1.73. The second kappa shape index (κ2) is 1.93. The third-order valence-corrected chi connectivity index (χ3v) is 2.63. The molecule has 1 saturated carbocycles. The minimum atomic E-state index is 1.18. The van der Waals surface area contributed by atoms with Gasteiger partial charge in [0.25, 0.3) is 0 Å². The zero-order chi connectivity index (χ0) is 4.41. The van der Waals surface area contributed by atoms with Crippen molar-refractivity contribution in [1.82, 2.24) is 0 Å². The monoisotopic (exact) mass is 102 g/mol. The van der Waals surface area contributed by atoms with Crippen LogP contribution in [0.15, 0.2) is 0 Å². The summed E-state index contributed by atoms with van der Waals surface area (Å²) in [5.74, 6) is 0. The van der Waals surface area contributed by atoms with Crippen molar-refractivity contribution in [3.05, 3.63) is 0 Å². The van der Waals surface area contributed by atoms with Crippen molar-refractivity contribution in [2.24, 2.45) is 0 Å². The predicted octanol–water partition coefficient (Wildman–Crippen LogP) is 1.85. The van der Waals surface area contributed by atoms with Crippen LogP contribution < -0.4 is 0 Å². The molecule has 0 heterocycles. The molecule has 0 bridgehead atoms. The summed E-state index contributed by atoms with van der Waals surface area (Å²) < 4.78 is 0. The van der Waals surface area contributed by atoms with E-state index in [9.17, 15) is 0 Å². The Morgan fingerprint density at radius 3 is 2.50 bits per heavy atom. The van der Waals surface area contributed by atoms with Gasteiger partial charge in [0.2, 0.25) is 0 Å². The van der Waals surface area contributed by atoms with E-state index >= 15 is 0 Å². The lowest BCUT2D eigenvalue weighted by atomic mass is 11.0. The first kappa shape index (κ1) is 4.59. The molecule has 1 unspecified atom stereocenters. The van der Waals surface area contributed by atoms with E-state index in [1.807, 2.05) is 0 Å². The molecule has 36 valence electrons. The molecule has 1 rings (SSSR count). The summed E-state index contributed by atoms with van der Waals surface area (Å²) in [5, 5.41) is 0. The summed E-state index contributed by atoms with van der Waals surface area (Å²) >= 11 is 0. The average molecular weight is 102 g/mol. The van der Waals surface area contributed by atoms with Crippen molar-refractivity contribution < 1.29 is 0 Å². The first-order valence-corrected chi connectivity index (χ1v) is 3.95. The Morgan fingerprint density at radius 1 is 1.67 bits per heavy atom. The fraction of sp³-hybridized carbons (Fsp3) is 1.00. The number of hydrogen-bond acceptors (Lipinski definition) is 0. The summed E-state index contributed by atoms with van der Waals surface area (Å²) in [5.41, 5.74) is 1.18. The van der Waals surface area contributed by atoms with Crippen LogP contribution in [0.2, 0.25) is 0 Å². The second-order valence-corrected chi connectivity index (χ2v) is 3.76. The summed E-state index contributed by atoms with van der Waals surface area (Å²) in [6.45, 7) is 2.27. The van der Waals surface area contributed by atoms with Crippen molar-refractivity contribution in [3.63, 3.8) is 0 Å². The fourth-order valence-electron chi connectivity index (χ4n) is 0.576. The van der Waals surface area contributed by atoms with E-state index in [0.29, 0.717) is 0 Å². The Kier molecular flexibility index (Phi) is 1.48. The van der Waals surface area contributed by atoms with E-state index in [1.54, 1.807) is 0 Å². The van der Waals surface area contributed by atoms with Crippen LogP contribution in [0.4, 0.5) is 0 Å². The average Bonchev–Trinajstić information content (AvgIpc) is 2.21. The summed E-state index contributed by atoms with van der Waals surface area (Å²) in [6.07, 6.45) is 4.49. The number of hydrogen-bond donors (Lipinski definition) is 0. The van der Waals surface area contributed by atoms with Gasteiger partial charge in [-0.05, 0) is 24.7 Å². The molecule has 1 fully saturated rings. The van der Waals surface area contributed by atoms with Crippen LogP contribution in [-0.2, 0) is 0 Å². The van der Waals surface area contributed by atoms with Crippen LogP contribution in [0.5, 0.6) is 0 Å². The van der Waals surface area contributed by atoms with Gasteiger partial charge >= 0.3 is 0 Å². The topological polar surface area (TPSA) is 0 Å². The highest BCUT2D eigenvalue weighted by atomic mass is 31.1. The van der Waals surface area contributed by atoms with E-state index in [4.69, 9.17) is 0 Å². The minimum absolute atomic E-state index is 1.18. The smallest absolute Gasteiger partial charge is 0.0236 e. The van der Waals surface area contributed by atoms with Crippen molar-refractivity contribution >= 4 is 8.58 Å². The zero-order valence-electron chi connectivity index (χ0n) is 4.20. The zero-order valence-corrected chi connectivity index (χ0v) is 5.20. The van der Waals surface area contributed by atoms with Gasteiger partial charge in [0, 0.05) is 0 Å². The van der Waals surface area contributed by atoms with Crippen LogP contribution in [0, 0.1) is 0 Å². The maximum Gasteiger partial charge on any atom is -0.0236 e. The van der Waals surface area contributed by atoms with Gasteiger partial charge in [-0.1, -0.05) is 6.92 Å². The third kappa shape index (κ3) is 1.26. The maximum absolute atomic E-state index is 2.27. The van der Waals surface area contributed by atoms with Crippen LogP contribution in [0.25, 0.3) is 0 Å². The first-order valence-electron chi connectivity index (χ1n) is 2.67. The Bertz CT molecular complexity index is 39.2. The molecule has 0 aliphatic heterocycles. The molecule has 1 heteroatoms. The second-order valence-electron chi connectivity index (χ2n) is 1.83. The molecule has 0 amide bonds. The molecule has 0 nitrogen and oxygen atoms in total. The van der Waals surface area contributed by atoms with Gasteiger partial charge in [-0.25, -0.2) is 0 Å². The minimum Gasteiger partial charge on any atom is -0.119 e. The molecule has 0 aromatic rings. The standard InChI is InChI=1S/C5H11P/c1-2-6-5-3-4-5/h5-6H,2-4H2,1H3. The molecule has 1 aliphatic carbocycles. The number of rotatable bonds is 2. The lowest BCUT2D eigenvalue weighted by Crippen LogP contribution is -1.65. The van der Waals surface area contributed by atoms with Gasteiger partial charge in [0.15, 0.2) is 0 Å². The van der Waals surface area contributed by atoms with Gasteiger partial charge in [-0.15, -0.1) is 8.58 Å². The molecule has 0 saturated heterocycles. The van der Waals surface area contributed by atoms with E-state index in [2.05, 4.69) is 6.92 Å². The van der Waals surface area contributed by atoms with Gasteiger partial charge in [0.05, 0.1) is 0 Å². The van der Waals surface area contributed by atoms with Crippen LogP contribution in [0.1, 0.15) is 19.8 Å². The Balaban J connectivity index is 1.88. The van der Waals surface area contributed by atoms with Gasteiger partial charge in [-0.3, -0.25) is 0 Å². The lowest BCUT2D eigenvalue weighted by Gasteiger charge is -1.84. The van der Waals surface area contributed by atoms with Gasteiger partial charge in [0.1, 0.15) is 0 Å². The van der Waals surface area contributed by atoms with Crippen LogP contribution in [0.3, 0.4) is 0 Å². The Morgan fingerprint density at radius 2 is 2.33 bits per heavy atom. The molecule has 0 radical (unpaired) electrons. The quantitative estimate of drug-likeness (QED) is 0.467. The SMILES string of the molecule is CCPC1CC1. The normalized spacial score (nSPS) is 23.5. The maximum atomic E-state index is 2.27. The first-order chi connectivity index (χ1) is 2.93. The highest BCUT2D eigenvalue weighted by Gasteiger charge is 2.18. The highest BCUT2D eigenvalue weighted by Crippen LogP contribution is 2.38. The molecule has 0 N–H and O–H groups in total. The largest absolute Gasteiger partial charge is 0.119 e. The van der Waals surface area contributed by atoms with Crippen molar-refractivity contribution in [1.29, 1.82) is 0 Å². The Hall–Kier alpha value is 0.430. The van der Waals surface area contributed by atoms with Gasteiger partial charge in [-0.2, -0.15) is 0 Å². The molecule has 0 aromatic carbocycles. The summed E-state index contributed by atoms with van der Waals surface area (Å²) in [6, 6.07) is 0. The molecule has 0 aromatic heterocycles. The van der Waals surface area contributed by atoms with E-state index < -0.39 is 0 Å². The van der Waals surface area contributed by atoms with Crippen LogP contribution in [-0.4, -0.2) is 11.8 Å². The molecule has 0 spiro atoms. The molecular weight excluding hydrogens is 91.0 g/mol. The lowest BCUT2D eigenvalue weighted by molar-refractivity contribution is 1.43. The van der Waals surface area contributed by atoms with Crippen molar-refractivity contribution in [2.45, 2.75) is 25.4 Å². The predicted molar refractivity (Wildman–Crippen MR) is 31.9 cm³/mol. The molecule has 1 atom stereocenters. The van der Waals surface area contributed by atoms with E-state index in [0.717, 1.165) is 0 Å². The van der Waals surface area contributed by atoms with E-state index in [-0.39, 0.29) is 0 Å². The summed E-state index contributed by atoms with van der Waals surface area (Å²) in [7, 11) is 1.28. The molecule has 1 aliphatic rings. The van der Waals surface area contributed by atoms with Crippen molar-refractivity contribution in [2.75, 3.05) is 6.16 Å².